The Kier molecular flexibility index (Phi) is 9.78. The minimum absolute atomic E-state index is 0.00531. The van der Waals surface area contributed by atoms with Crippen molar-refractivity contribution in [2.45, 2.75) is 90.2 Å². The second-order valence-corrected chi connectivity index (χ2v) is 11.4. The summed E-state index contributed by atoms with van der Waals surface area (Å²) in [6.07, 6.45) is -7.20. The summed E-state index contributed by atoms with van der Waals surface area (Å²) in [6, 6.07) is 7.41. The number of alkyl halides is 6. The molecule has 3 rings (SSSR count). The highest BCUT2D eigenvalue weighted by molar-refractivity contribution is 5.77. The number of benzene rings is 2. The summed E-state index contributed by atoms with van der Waals surface area (Å²) >= 11 is 0. The van der Waals surface area contributed by atoms with Crippen LogP contribution in [0.3, 0.4) is 0 Å². The van der Waals surface area contributed by atoms with Crippen molar-refractivity contribution in [2.75, 3.05) is 6.54 Å². The van der Waals surface area contributed by atoms with Crippen LogP contribution in [0.5, 0.6) is 0 Å². The summed E-state index contributed by atoms with van der Waals surface area (Å²) in [7, 11) is 0. The third-order valence-electron chi connectivity index (χ3n) is 7.41. The Bertz CT molecular complexity index is 1110. The third kappa shape index (κ3) is 7.99. The number of halogens is 6. The summed E-state index contributed by atoms with van der Waals surface area (Å²) in [6.45, 7) is 7.92. The number of carbonyl (C=O) groups is 1. The summed E-state index contributed by atoms with van der Waals surface area (Å²) < 4.78 is 81.8. The highest BCUT2D eigenvalue weighted by Crippen LogP contribution is 2.43. The lowest BCUT2D eigenvalue weighted by atomic mass is 9.83. The van der Waals surface area contributed by atoms with Gasteiger partial charge in [-0.3, -0.25) is 9.69 Å². The molecule has 0 saturated carbocycles. The number of nitrogens with zero attached hydrogens (tertiary/aromatic N) is 1. The van der Waals surface area contributed by atoms with Crippen molar-refractivity contribution in [2.24, 2.45) is 11.8 Å². The van der Waals surface area contributed by atoms with E-state index in [1.54, 1.807) is 18.2 Å². The molecule has 3 unspecified atom stereocenters. The van der Waals surface area contributed by atoms with Crippen LogP contribution in [0.1, 0.15) is 88.4 Å². The molecule has 0 bridgehead atoms. The molecule has 1 aliphatic rings. The summed E-state index contributed by atoms with van der Waals surface area (Å²) in [5, 5.41) is 10.0. The van der Waals surface area contributed by atoms with E-state index in [9.17, 15) is 36.2 Å². The number of carboxylic acid groups (broad SMARTS) is 1. The van der Waals surface area contributed by atoms with Crippen LogP contribution >= 0.6 is 0 Å². The van der Waals surface area contributed by atoms with E-state index in [2.05, 4.69) is 0 Å². The minimum atomic E-state index is -4.51. The molecule has 2 aromatic rings. The number of hydrogen-bond donors (Lipinski definition) is 1. The van der Waals surface area contributed by atoms with E-state index >= 15 is 0 Å². The SMILES string of the molecule is CC(C)CCN1C(c2cc(-c3ccc(C(F)(F)F)cc3)cc(C(CC(C)C)C(=O)O)c2)CCCC1C(F)(F)F. The second kappa shape index (κ2) is 12.3. The van der Waals surface area contributed by atoms with Crippen molar-refractivity contribution in [1.82, 2.24) is 4.90 Å². The zero-order valence-electron chi connectivity index (χ0n) is 22.7. The molecule has 3 atom stereocenters. The van der Waals surface area contributed by atoms with Crippen LogP contribution in [0.15, 0.2) is 42.5 Å². The van der Waals surface area contributed by atoms with Gasteiger partial charge >= 0.3 is 18.3 Å². The van der Waals surface area contributed by atoms with Gasteiger partial charge < -0.3 is 5.11 Å². The topological polar surface area (TPSA) is 40.5 Å². The van der Waals surface area contributed by atoms with Gasteiger partial charge in [0.15, 0.2) is 0 Å². The van der Waals surface area contributed by atoms with Gasteiger partial charge in [-0.05, 0) is 90.9 Å². The van der Waals surface area contributed by atoms with Crippen molar-refractivity contribution in [3.05, 3.63) is 59.2 Å². The molecule has 1 aliphatic heterocycles. The van der Waals surface area contributed by atoms with Gasteiger partial charge in [-0.1, -0.05) is 52.0 Å². The fraction of sp³-hybridized carbons (Fsp3) is 0.567. The van der Waals surface area contributed by atoms with Gasteiger partial charge in [0.05, 0.1) is 11.5 Å². The molecule has 216 valence electrons. The van der Waals surface area contributed by atoms with Crippen LogP contribution in [-0.4, -0.2) is 34.7 Å². The number of aliphatic carboxylic acids is 1. The predicted octanol–water partition coefficient (Wildman–Crippen LogP) is 9.09. The molecular formula is C30H37F6NO2. The first-order valence-corrected chi connectivity index (χ1v) is 13.5. The Hall–Kier alpha value is -2.55. The van der Waals surface area contributed by atoms with Gasteiger partial charge in [0.1, 0.15) is 6.04 Å². The van der Waals surface area contributed by atoms with Gasteiger partial charge in [-0.15, -0.1) is 0 Å². The molecule has 1 fully saturated rings. The zero-order valence-corrected chi connectivity index (χ0v) is 22.7. The Balaban J connectivity index is 2.16. The first kappa shape index (κ1) is 31.0. The maximum absolute atomic E-state index is 14.1. The normalized spacial score (nSPS) is 20.0. The molecule has 0 aliphatic carbocycles. The number of piperidine rings is 1. The maximum Gasteiger partial charge on any atom is 0.416 e. The van der Waals surface area contributed by atoms with E-state index in [1.165, 1.54) is 17.0 Å². The smallest absolute Gasteiger partial charge is 0.416 e. The van der Waals surface area contributed by atoms with Gasteiger partial charge in [0.2, 0.25) is 0 Å². The number of carboxylic acids is 1. The van der Waals surface area contributed by atoms with Crippen molar-refractivity contribution < 1.29 is 36.2 Å². The lowest BCUT2D eigenvalue weighted by Crippen LogP contribution is -2.50. The minimum Gasteiger partial charge on any atom is -0.481 e. The van der Waals surface area contributed by atoms with Crippen LogP contribution in [0, 0.1) is 11.8 Å². The molecule has 0 radical (unpaired) electrons. The number of rotatable bonds is 9. The van der Waals surface area contributed by atoms with Crippen molar-refractivity contribution in [1.29, 1.82) is 0 Å². The molecular weight excluding hydrogens is 520 g/mol. The third-order valence-corrected chi connectivity index (χ3v) is 7.41. The highest BCUT2D eigenvalue weighted by Gasteiger charge is 2.47. The summed E-state index contributed by atoms with van der Waals surface area (Å²) in [5.41, 5.74) is 1.13. The monoisotopic (exact) mass is 557 g/mol. The average Bonchev–Trinajstić information content (AvgIpc) is 2.84. The first-order chi connectivity index (χ1) is 18.1. The van der Waals surface area contributed by atoms with Crippen LogP contribution in [-0.2, 0) is 11.0 Å². The molecule has 0 amide bonds. The Labute approximate surface area is 226 Å². The summed E-state index contributed by atoms with van der Waals surface area (Å²) in [4.78, 5) is 13.8. The lowest BCUT2D eigenvalue weighted by molar-refractivity contribution is -0.200. The molecule has 3 nitrogen and oxygen atoms in total. The molecule has 2 aromatic carbocycles. The van der Waals surface area contributed by atoms with Gasteiger partial charge in [-0.2, -0.15) is 26.3 Å². The van der Waals surface area contributed by atoms with Crippen LogP contribution < -0.4 is 0 Å². The highest BCUT2D eigenvalue weighted by atomic mass is 19.4. The Morgan fingerprint density at radius 3 is 2.08 bits per heavy atom. The molecule has 9 heteroatoms. The largest absolute Gasteiger partial charge is 0.481 e. The van der Waals surface area contributed by atoms with E-state index in [-0.39, 0.29) is 24.8 Å². The fourth-order valence-electron chi connectivity index (χ4n) is 5.42. The van der Waals surface area contributed by atoms with Crippen LogP contribution in [0.4, 0.5) is 26.3 Å². The van der Waals surface area contributed by atoms with Crippen molar-refractivity contribution in [3.63, 3.8) is 0 Å². The van der Waals surface area contributed by atoms with E-state index in [4.69, 9.17) is 0 Å². The Morgan fingerprint density at radius 2 is 1.56 bits per heavy atom. The first-order valence-electron chi connectivity index (χ1n) is 13.5. The molecule has 39 heavy (non-hydrogen) atoms. The molecule has 0 spiro atoms. The fourth-order valence-corrected chi connectivity index (χ4v) is 5.42. The van der Waals surface area contributed by atoms with E-state index < -0.39 is 41.9 Å². The quantitative estimate of drug-likeness (QED) is 0.313. The van der Waals surface area contributed by atoms with E-state index in [1.807, 2.05) is 27.7 Å². The number of hydrogen-bond acceptors (Lipinski definition) is 2. The number of likely N-dealkylation sites (tertiary alicyclic amines) is 1. The zero-order chi connectivity index (χ0) is 29.1. The van der Waals surface area contributed by atoms with E-state index in [0.717, 1.165) is 12.1 Å². The molecule has 0 aromatic heterocycles. The second-order valence-electron chi connectivity index (χ2n) is 11.4. The average molecular weight is 558 g/mol. The van der Waals surface area contributed by atoms with Crippen molar-refractivity contribution >= 4 is 5.97 Å². The van der Waals surface area contributed by atoms with Gasteiger partial charge in [-0.25, -0.2) is 0 Å². The van der Waals surface area contributed by atoms with Crippen molar-refractivity contribution in [3.8, 4) is 11.1 Å². The van der Waals surface area contributed by atoms with E-state index in [0.29, 0.717) is 47.9 Å². The van der Waals surface area contributed by atoms with Crippen LogP contribution in [0.2, 0.25) is 0 Å². The molecule has 1 heterocycles. The molecule has 1 saturated heterocycles. The van der Waals surface area contributed by atoms with Gasteiger partial charge in [0.25, 0.3) is 0 Å². The summed E-state index contributed by atoms with van der Waals surface area (Å²) in [5.74, 6) is -1.72. The van der Waals surface area contributed by atoms with Crippen LogP contribution in [0.25, 0.3) is 11.1 Å². The lowest BCUT2D eigenvalue weighted by Gasteiger charge is -2.43. The molecule has 1 N–H and O–H groups in total. The standard InChI is InChI=1S/C30H37F6NO2/c1-18(2)12-13-37-26(6-5-7-27(37)30(34,35)36)23-16-21(20-8-10-24(11-9-20)29(31,32)33)15-22(17-23)25(28(38)39)14-19(3)4/h8-11,15-19,25-27H,5-7,12-14H2,1-4H3,(H,38,39). The Morgan fingerprint density at radius 1 is 0.923 bits per heavy atom. The maximum atomic E-state index is 14.1. The van der Waals surface area contributed by atoms with Gasteiger partial charge in [0, 0.05) is 6.04 Å². The predicted molar refractivity (Wildman–Crippen MR) is 139 cm³/mol.